The molecule has 1 aliphatic rings. The molecule has 0 bridgehead atoms. The number of aromatic carboxylic acids is 1. The first-order valence-corrected chi connectivity index (χ1v) is 12.8. The number of piperazine rings is 1. The lowest BCUT2D eigenvalue weighted by Crippen LogP contribution is -2.46. The number of hydrogen-bond donors (Lipinski definition) is 1. The minimum Gasteiger partial charge on any atom is -0.478 e. The fourth-order valence-electron chi connectivity index (χ4n) is 4.63. The van der Waals surface area contributed by atoms with Gasteiger partial charge < -0.3 is 14.7 Å². The number of rotatable bonds is 6. The molecule has 1 fully saturated rings. The van der Waals surface area contributed by atoms with Gasteiger partial charge in [-0.3, -0.25) is 4.90 Å². The number of hydrogen-bond acceptors (Lipinski definition) is 5. The smallest absolute Gasteiger partial charge is 0.338 e. The van der Waals surface area contributed by atoms with Crippen LogP contribution in [0, 0.1) is 6.92 Å². The van der Waals surface area contributed by atoms with Gasteiger partial charge in [-0.15, -0.1) is 0 Å². The van der Waals surface area contributed by atoms with Crippen molar-refractivity contribution in [1.29, 1.82) is 0 Å². The normalized spacial score (nSPS) is 14.5. The van der Waals surface area contributed by atoms with Crippen LogP contribution in [0.1, 0.15) is 52.6 Å². The van der Waals surface area contributed by atoms with Crippen molar-refractivity contribution in [3.8, 4) is 11.1 Å². The van der Waals surface area contributed by atoms with E-state index in [4.69, 9.17) is 16.3 Å². The van der Waals surface area contributed by atoms with Crippen LogP contribution in [-0.4, -0.2) is 53.7 Å². The predicted octanol–water partition coefficient (Wildman–Crippen LogP) is 6.29. The fraction of sp³-hybridized carbons (Fsp3) is 0.333. The van der Waals surface area contributed by atoms with Crippen molar-refractivity contribution in [2.24, 2.45) is 0 Å². The number of nitrogens with zero attached hydrogens (tertiary/aromatic N) is 2. The number of carboxylic acid groups (broad SMARTS) is 1. The third-order valence-electron chi connectivity index (χ3n) is 6.61. The van der Waals surface area contributed by atoms with Gasteiger partial charge in [-0.2, -0.15) is 0 Å². The highest BCUT2D eigenvalue weighted by Crippen LogP contribution is 2.31. The van der Waals surface area contributed by atoms with E-state index < -0.39 is 11.6 Å². The average molecular weight is 521 g/mol. The quantitative estimate of drug-likeness (QED) is 0.385. The van der Waals surface area contributed by atoms with Gasteiger partial charge in [0.15, 0.2) is 0 Å². The molecule has 6 nitrogen and oxygen atoms in total. The van der Waals surface area contributed by atoms with Crippen LogP contribution in [0.25, 0.3) is 11.1 Å². The lowest BCUT2D eigenvalue weighted by atomic mass is 9.92. The molecule has 1 saturated heterocycles. The van der Waals surface area contributed by atoms with Gasteiger partial charge in [0.1, 0.15) is 5.60 Å². The van der Waals surface area contributed by atoms with Crippen molar-refractivity contribution < 1.29 is 19.4 Å². The first-order chi connectivity index (χ1) is 17.5. The van der Waals surface area contributed by atoms with E-state index in [1.54, 1.807) is 6.07 Å². The van der Waals surface area contributed by atoms with Gasteiger partial charge in [-0.25, -0.2) is 9.59 Å². The van der Waals surface area contributed by atoms with Crippen molar-refractivity contribution in [3.05, 3.63) is 87.9 Å². The van der Waals surface area contributed by atoms with Crippen LogP contribution in [0.2, 0.25) is 5.02 Å². The topological polar surface area (TPSA) is 70.1 Å². The molecule has 4 rings (SSSR count). The maximum atomic E-state index is 12.3. The van der Waals surface area contributed by atoms with E-state index in [0.29, 0.717) is 22.7 Å². The molecule has 0 amide bonds. The molecule has 194 valence electrons. The third-order valence-corrected chi connectivity index (χ3v) is 6.86. The summed E-state index contributed by atoms with van der Waals surface area (Å²) in [7, 11) is 0. The van der Waals surface area contributed by atoms with Crippen molar-refractivity contribution in [1.82, 2.24) is 4.90 Å². The monoisotopic (exact) mass is 520 g/mol. The number of halogens is 1. The molecular formula is C30H33ClN2O4. The molecule has 0 atom stereocenters. The van der Waals surface area contributed by atoms with Crippen LogP contribution in [0.3, 0.4) is 0 Å². The molecule has 1 N–H and O–H groups in total. The second kappa shape index (κ2) is 11.0. The number of anilines is 1. The van der Waals surface area contributed by atoms with Gasteiger partial charge in [0.2, 0.25) is 0 Å². The minimum atomic E-state index is -0.916. The van der Waals surface area contributed by atoms with E-state index in [2.05, 4.69) is 9.80 Å². The molecule has 1 aliphatic heterocycles. The summed E-state index contributed by atoms with van der Waals surface area (Å²) in [6.45, 7) is 11.5. The zero-order chi connectivity index (χ0) is 26.7. The highest BCUT2D eigenvalue weighted by molar-refractivity contribution is 6.30. The summed E-state index contributed by atoms with van der Waals surface area (Å²) in [5.74, 6) is -1.24. The molecular weight excluding hydrogens is 488 g/mol. The Morgan fingerprint density at radius 1 is 0.919 bits per heavy atom. The summed E-state index contributed by atoms with van der Waals surface area (Å²) in [5, 5.41) is 10.4. The van der Waals surface area contributed by atoms with E-state index in [-0.39, 0.29) is 5.97 Å². The molecule has 1 heterocycles. The molecule has 0 aliphatic carbocycles. The molecule has 0 radical (unpaired) electrons. The second-order valence-corrected chi connectivity index (χ2v) is 10.8. The summed E-state index contributed by atoms with van der Waals surface area (Å²) in [5.41, 5.74) is 5.28. The average Bonchev–Trinajstić information content (AvgIpc) is 2.85. The van der Waals surface area contributed by atoms with E-state index in [1.165, 1.54) is 0 Å². The second-order valence-electron chi connectivity index (χ2n) is 10.4. The summed E-state index contributed by atoms with van der Waals surface area (Å²) >= 11 is 6.09. The zero-order valence-corrected chi connectivity index (χ0v) is 22.5. The van der Waals surface area contributed by atoms with Gasteiger partial charge in [-0.1, -0.05) is 29.8 Å². The maximum absolute atomic E-state index is 12.3. The Hall–Kier alpha value is -3.35. The number of carboxylic acids is 1. The van der Waals surface area contributed by atoms with E-state index in [0.717, 1.165) is 54.1 Å². The Bertz CT molecular complexity index is 1270. The van der Waals surface area contributed by atoms with Gasteiger partial charge in [0, 0.05) is 43.4 Å². The van der Waals surface area contributed by atoms with Gasteiger partial charge >= 0.3 is 11.9 Å². The van der Waals surface area contributed by atoms with Gasteiger partial charge in [0.25, 0.3) is 0 Å². The highest BCUT2D eigenvalue weighted by Gasteiger charge is 2.23. The SMILES string of the molecule is Cc1c(C(=O)O)ccc(-c2ccc(Cl)cc2)c1CN1CCN(c2ccc(C(=O)OC(C)(C)C)cc2)CC1. The molecule has 7 heteroatoms. The first kappa shape index (κ1) is 26.7. The van der Waals surface area contributed by atoms with E-state index in [9.17, 15) is 14.7 Å². The number of ether oxygens (including phenoxy) is 1. The Labute approximate surface area is 223 Å². The Kier molecular flexibility index (Phi) is 7.90. The first-order valence-electron chi connectivity index (χ1n) is 12.4. The molecule has 3 aromatic carbocycles. The molecule has 37 heavy (non-hydrogen) atoms. The Morgan fingerprint density at radius 3 is 2.11 bits per heavy atom. The summed E-state index contributed by atoms with van der Waals surface area (Å²) in [6.07, 6.45) is 0. The number of esters is 1. The van der Waals surface area contributed by atoms with Crippen LogP contribution < -0.4 is 4.90 Å². The van der Waals surface area contributed by atoms with Crippen LogP contribution in [0.15, 0.2) is 60.7 Å². The Morgan fingerprint density at radius 2 is 1.54 bits per heavy atom. The summed E-state index contributed by atoms with van der Waals surface area (Å²) in [6, 6.07) is 18.8. The minimum absolute atomic E-state index is 0.320. The van der Waals surface area contributed by atoms with Crippen molar-refractivity contribution in [2.45, 2.75) is 39.8 Å². The van der Waals surface area contributed by atoms with Crippen LogP contribution in [-0.2, 0) is 11.3 Å². The van der Waals surface area contributed by atoms with Crippen LogP contribution >= 0.6 is 11.6 Å². The lowest BCUT2D eigenvalue weighted by Gasteiger charge is -2.36. The number of carbonyl (C=O) groups is 2. The van der Waals surface area contributed by atoms with Crippen molar-refractivity contribution >= 4 is 29.2 Å². The van der Waals surface area contributed by atoms with Gasteiger partial charge in [0.05, 0.1) is 11.1 Å². The molecule has 0 aromatic heterocycles. The molecule has 0 spiro atoms. The van der Waals surface area contributed by atoms with Crippen molar-refractivity contribution in [2.75, 3.05) is 31.1 Å². The maximum Gasteiger partial charge on any atom is 0.338 e. The predicted molar refractivity (Wildman–Crippen MR) is 148 cm³/mol. The van der Waals surface area contributed by atoms with Crippen LogP contribution in [0.5, 0.6) is 0 Å². The fourth-order valence-corrected chi connectivity index (χ4v) is 4.75. The summed E-state index contributed by atoms with van der Waals surface area (Å²) < 4.78 is 5.46. The van der Waals surface area contributed by atoms with Crippen LogP contribution in [0.4, 0.5) is 5.69 Å². The van der Waals surface area contributed by atoms with Crippen molar-refractivity contribution in [3.63, 3.8) is 0 Å². The number of carbonyl (C=O) groups excluding carboxylic acids is 1. The molecule has 3 aromatic rings. The highest BCUT2D eigenvalue weighted by atomic mass is 35.5. The summed E-state index contributed by atoms with van der Waals surface area (Å²) in [4.78, 5) is 28.8. The lowest BCUT2D eigenvalue weighted by molar-refractivity contribution is 0.00693. The third kappa shape index (κ3) is 6.51. The largest absolute Gasteiger partial charge is 0.478 e. The van der Waals surface area contributed by atoms with E-state index >= 15 is 0 Å². The van der Waals surface area contributed by atoms with Gasteiger partial charge in [-0.05, 0) is 92.4 Å². The number of benzene rings is 3. The Balaban J connectivity index is 1.47. The molecule has 0 saturated carbocycles. The zero-order valence-electron chi connectivity index (χ0n) is 21.8. The molecule has 0 unspecified atom stereocenters. The standard InChI is InChI=1S/C30H33ClN2O4/c1-20-25(28(34)35)13-14-26(21-5-9-23(31)10-6-21)27(20)19-32-15-17-33(18-16-32)24-11-7-22(8-12-24)29(36)37-30(2,3)4/h5-14H,15-19H2,1-4H3,(H,34,35). The van der Waals surface area contributed by atoms with E-state index in [1.807, 2.05) is 82.3 Å².